The molecule has 1 aromatic rings. The Kier molecular flexibility index (Phi) is 5.26. The molecule has 16 heavy (non-hydrogen) atoms. The molecule has 0 amide bonds. The lowest BCUT2D eigenvalue weighted by Gasteiger charge is -2.23. The molecular formula is C13H20N2S. The van der Waals surface area contributed by atoms with Gasteiger partial charge in [-0.1, -0.05) is 38.5 Å². The fourth-order valence-corrected chi connectivity index (χ4v) is 1.61. The highest BCUT2D eigenvalue weighted by Crippen LogP contribution is 2.08. The molecule has 1 unspecified atom stereocenters. The average Bonchev–Trinajstić information content (AvgIpc) is 2.30. The number of rotatable bonds is 4. The first-order valence-corrected chi connectivity index (χ1v) is 6.11. The highest BCUT2D eigenvalue weighted by molar-refractivity contribution is 7.80. The summed E-state index contributed by atoms with van der Waals surface area (Å²) < 4.78 is 0. The SMILES string of the molecule is CCC(C)CN(C)C(=S)Nc1ccccc1. The van der Waals surface area contributed by atoms with Crippen molar-refractivity contribution in [1.29, 1.82) is 0 Å². The fraction of sp³-hybridized carbons (Fsp3) is 0.462. The summed E-state index contributed by atoms with van der Waals surface area (Å²) in [4.78, 5) is 2.09. The Morgan fingerprint density at radius 2 is 2.00 bits per heavy atom. The van der Waals surface area contributed by atoms with Gasteiger partial charge in [0.2, 0.25) is 0 Å². The third kappa shape index (κ3) is 4.19. The molecule has 0 radical (unpaired) electrons. The highest BCUT2D eigenvalue weighted by Gasteiger charge is 2.07. The Bertz CT molecular complexity index is 324. The van der Waals surface area contributed by atoms with Crippen LogP contribution in [0.2, 0.25) is 0 Å². The minimum atomic E-state index is 0.667. The Balaban J connectivity index is 2.46. The normalized spacial score (nSPS) is 11.9. The predicted molar refractivity (Wildman–Crippen MR) is 74.7 cm³/mol. The highest BCUT2D eigenvalue weighted by atomic mass is 32.1. The van der Waals surface area contributed by atoms with Crippen LogP contribution in [0.25, 0.3) is 0 Å². The zero-order valence-corrected chi connectivity index (χ0v) is 11.1. The fourth-order valence-electron chi connectivity index (χ4n) is 1.42. The van der Waals surface area contributed by atoms with Crippen LogP contribution < -0.4 is 5.32 Å². The summed E-state index contributed by atoms with van der Waals surface area (Å²) in [5, 5.41) is 4.01. The smallest absolute Gasteiger partial charge is 0.173 e. The maximum Gasteiger partial charge on any atom is 0.173 e. The van der Waals surface area contributed by atoms with Crippen LogP contribution in [0.1, 0.15) is 20.3 Å². The standard InChI is InChI=1S/C13H20N2S/c1-4-11(2)10-15(3)13(16)14-12-8-6-5-7-9-12/h5-9,11H,4,10H2,1-3H3,(H,14,16). The van der Waals surface area contributed by atoms with Crippen LogP contribution >= 0.6 is 12.2 Å². The molecule has 0 saturated carbocycles. The first kappa shape index (κ1) is 13.0. The van der Waals surface area contributed by atoms with Gasteiger partial charge in [-0.15, -0.1) is 0 Å². The quantitative estimate of drug-likeness (QED) is 0.807. The number of hydrogen-bond acceptors (Lipinski definition) is 1. The first-order valence-electron chi connectivity index (χ1n) is 5.70. The second-order valence-corrected chi connectivity index (χ2v) is 4.58. The van der Waals surface area contributed by atoms with E-state index in [-0.39, 0.29) is 0 Å². The van der Waals surface area contributed by atoms with Gasteiger partial charge in [0.25, 0.3) is 0 Å². The van der Waals surface area contributed by atoms with Gasteiger partial charge >= 0.3 is 0 Å². The second kappa shape index (κ2) is 6.48. The minimum absolute atomic E-state index is 0.667. The molecule has 0 aliphatic carbocycles. The van der Waals surface area contributed by atoms with E-state index < -0.39 is 0 Å². The van der Waals surface area contributed by atoms with Crippen LogP contribution in [0.4, 0.5) is 5.69 Å². The van der Waals surface area contributed by atoms with Crippen LogP contribution in [0, 0.1) is 5.92 Å². The van der Waals surface area contributed by atoms with Gasteiger partial charge < -0.3 is 10.2 Å². The monoisotopic (exact) mass is 236 g/mol. The van der Waals surface area contributed by atoms with Gasteiger partial charge in [0.15, 0.2) is 5.11 Å². The van der Waals surface area contributed by atoms with E-state index in [1.165, 1.54) is 6.42 Å². The molecule has 0 aliphatic rings. The zero-order chi connectivity index (χ0) is 12.0. The summed E-state index contributed by atoms with van der Waals surface area (Å²) in [6.07, 6.45) is 1.18. The molecule has 0 aromatic heterocycles. The van der Waals surface area contributed by atoms with Gasteiger partial charge in [-0.2, -0.15) is 0 Å². The van der Waals surface area contributed by atoms with Crippen LogP contribution in [0.15, 0.2) is 30.3 Å². The number of anilines is 1. The van der Waals surface area contributed by atoms with Crippen molar-refractivity contribution in [2.24, 2.45) is 5.92 Å². The number of nitrogens with one attached hydrogen (secondary N) is 1. The average molecular weight is 236 g/mol. The van der Waals surface area contributed by atoms with Gasteiger partial charge in [-0.25, -0.2) is 0 Å². The third-order valence-corrected chi connectivity index (χ3v) is 3.07. The van der Waals surface area contributed by atoms with Crippen molar-refractivity contribution < 1.29 is 0 Å². The third-order valence-electron chi connectivity index (χ3n) is 2.65. The molecule has 0 saturated heterocycles. The van der Waals surface area contributed by atoms with Crippen molar-refractivity contribution in [2.45, 2.75) is 20.3 Å². The lowest BCUT2D eigenvalue weighted by Crippen LogP contribution is -2.34. The zero-order valence-electron chi connectivity index (χ0n) is 10.2. The van der Waals surface area contributed by atoms with Gasteiger partial charge in [0, 0.05) is 19.3 Å². The number of thiocarbonyl (C=S) groups is 1. The van der Waals surface area contributed by atoms with E-state index in [1.54, 1.807) is 0 Å². The van der Waals surface area contributed by atoms with Crippen molar-refractivity contribution in [1.82, 2.24) is 4.90 Å². The lowest BCUT2D eigenvalue weighted by molar-refractivity contribution is 0.400. The van der Waals surface area contributed by atoms with E-state index in [0.717, 1.165) is 17.3 Å². The van der Waals surface area contributed by atoms with Crippen molar-refractivity contribution in [2.75, 3.05) is 18.9 Å². The maximum atomic E-state index is 5.34. The maximum absolute atomic E-state index is 5.34. The molecule has 3 heteroatoms. The van der Waals surface area contributed by atoms with Crippen molar-refractivity contribution >= 4 is 23.0 Å². The molecule has 88 valence electrons. The summed E-state index contributed by atoms with van der Waals surface area (Å²) in [5.74, 6) is 0.667. The van der Waals surface area contributed by atoms with Gasteiger partial charge in [0.05, 0.1) is 0 Å². The van der Waals surface area contributed by atoms with Crippen molar-refractivity contribution in [3.63, 3.8) is 0 Å². The Morgan fingerprint density at radius 1 is 1.38 bits per heavy atom. The van der Waals surface area contributed by atoms with E-state index in [1.807, 2.05) is 37.4 Å². The number of nitrogens with zero attached hydrogens (tertiary/aromatic N) is 1. The van der Waals surface area contributed by atoms with Crippen molar-refractivity contribution in [3.8, 4) is 0 Å². The molecule has 1 rings (SSSR count). The summed E-state index contributed by atoms with van der Waals surface area (Å²) in [5.41, 5.74) is 1.04. The molecule has 0 heterocycles. The van der Waals surface area contributed by atoms with Crippen LogP contribution in [0.3, 0.4) is 0 Å². The Labute approximate surface area is 104 Å². The predicted octanol–water partition coefficient (Wildman–Crippen LogP) is 3.36. The number of hydrogen-bond donors (Lipinski definition) is 1. The van der Waals surface area contributed by atoms with E-state index in [2.05, 4.69) is 24.1 Å². The number of para-hydroxylation sites is 1. The topological polar surface area (TPSA) is 15.3 Å². The van der Waals surface area contributed by atoms with E-state index >= 15 is 0 Å². The summed E-state index contributed by atoms with van der Waals surface area (Å²) >= 11 is 5.34. The van der Waals surface area contributed by atoms with E-state index in [4.69, 9.17) is 12.2 Å². The molecule has 0 aliphatic heterocycles. The van der Waals surface area contributed by atoms with Crippen LogP contribution in [-0.2, 0) is 0 Å². The Hall–Kier alpha value is -1.09. The second-order valence-electron chi connectivity index (χ2n) is 4.19. The van der Waals surface area contributed by atoms with Crippen LogP contribution in [0.5, 0.6) is 0 Å². The summed E-state index contributed by atoms with van der Waals surface area (Å²) in [6, 6.07) is 10.0. The van der Waals surface area contributed by atoms with Gasteiger partial charge in [0.1, 0.15) is 0 Å². The Morgan fingerprint density at radius 3 is 2.56 bits per heavy atom. The van der Waals surface area contributed by atoms with Gasteiger partial charge in [-0.3, -0.25) is 0 Å². The lowest BCUT2D eigenvalue weighted by atomic mass is 10.1. The molecule has 0 fully saturated rings. The van der Waals surface area contributed by atoms with E-state index in [0.29, 0.717) is 5.92 Å². The molecule has 2 nitrogen and oxygen atoms in total. The molecule has 1 N–H and O–H groups in total. The summed E-state index contributed by atoms with van der Waals surface area (Å²) in [7, 11) is 2.03. The minimum Gasteiger partial charge on any atom is -0.352 e. The molecule has 1 aromatic carbocycles. The molecular weight excluding hydrogens is 216 g/mol. The van der Waals surface area contributed by atoms with Crippen LogP contribution in [-0.4, -0.2) is 23.6 Å². The van der Waals surface area contributed by atoms with Crippen molar-refractivity contribution in [3.05, 3.63) is 30.3 Å². The molecule has 0 spiro atoms. The largest absolute Gasteiger partial charge is 0.352 e. The van der Waals surface area contributed by atoms with Gasteiger partial charge in [-0.05, 0) is 30.3 Å². The first-order chi connectivity index (χ1) is 7.63. The molecule has 1 atom stereocenters. The molecule has 0 bridgehead atoms. The summed E-state index contributed by atoms with van der Waals surface area (Å²) in [6.45, 7) is 5.43. The number of benzene rings is 1. The van der Waals surface area contributed by atoms with E-state index in [9.17, 15) is 0 Å².